The normalized spacial score (nSPS) is 11.9. The standard InChI is InChI=1S/C32H31N3.C2H6/c1-6-10-13-25-21-27(17-16-24(25)8-3)35(26(9-4)20-23(5)7-2)28-18-19-31-32(22-28)34-30-15-12-11-14-29(30)33-31;1-2/h7-22H,2-3,6H2,1,4-5H3;1-2H3/b13-10-,23-20-,26-9+;. The van der Waals surface area contributed by atoms with Crippen LogP contribution in [0.4, 0.5) is 11.4 Å². The van der Waals surface area contributed by atoms with Gasteiger partial charge in [0.05, 0.1) is 22.1 Å². The number of rotatable bonds is 8. The van der Waals surface area contributed by atoms with E-state index >= 15 is 0 Å². The lowest BCUT2D eigenvalue weighted by atomic mass is 10.0. The molecule has 1 aromatic heterocycles. The number of aromatic nitrogens is 2. The minimum atomic E-state index is 0.861. The maximum Gasteiger partial charge on any atom is 0.0915 e. The average Bonchev–Trinajstić information content (AvgIpc) is 2.95. The predicted octanol–water partition coefficient (Wildman–Crippen LogP) is 10.0. The van der Waals surface area contributed by atoms with Crippen molar-refractivity contribution < 1.29 is 0 Å². The Labute approximate surface area is 221 Å². The monoisotopic (exact) mass is 487 g/mol. The molecule has 3 aromatic carbocycles. The molecular weight excluding hydrogens is 450 g/mol. The zero-order valence-corrected chi connectivity index (χ0v) is 22.7. The van der Waals surface area contributed by atoms with Crippen LogP contribution in [0.2, 0.25) is 0 Å². The molecule has 0 atom stereocenters. The molecule has 0 amide bonds. The Balaban J connectivity index is 0.00000186. The van der Waals surface area contributed by atoms with Gasteiger partial charge in [-0.15, -0.1) is 0 Å². The lowest BCUT2D eigenvalue weighted by Crippen LogP contribution is -2.16. The van der Waals surface area contributed by atoms with Crippen molar-refractivity contribution in [1.82, 2.24) is 9.97 Å². The molecule has 0 radical (unpaired) electrons. The Hall–Kier alpha value is -4.24. The molecule has 188 valence electrons. The Bertz CT molecular complexity index is 1490. The van der Waals surface area contributed by atoms with Crippen molar-refractivity contribution in [1.29, 1.82) is 0 Å². The summed E-state index contributed by atoms with van der Waals surface area (Å²) >= 11 is 0. The van der Waals surface area contributed by atoms with E-state index in [9.17, 15) is 0 Å². The highest BCUT2D eigenvalue weighted by Gasteiger charge is 2.16. The fourth-order valence-electron chi connectivity index (χ4n) is 4.04. The van der Waals surface area contributed by atoms with E-state index in [1.807, 2.05) is 56.3 Å². The highest BCUT2D eigenvalue weighted by atomic mass is 15.1. The van der Waals surface area contributed by atoms with Crippen LogP contribution in [0.5, 0.6) is 0 Å². The lowest BCUT2D eigenvalue weighted by molar-refractivity contribution is 1.19. The van der Waals surface area contributed by atoms with E-state index in [-0.39, 0.29) is 0 Å². The zero-order chi connectivity index (χ0) is 26.8. The number of hydrogen-bond acceptors (Lipinski definition) is 3. The van der Waals surface area contributed by atoms with Gasteiger partial charge in [0.25, 0.3) is 0 Å². The summed E-state index contributed by atoms with van der Waals surface area (Å²) < 4.78 is 0. The quantitative estimate of drug-likeness (QED) is 0.183. The van der Waals surface area contributed by atoms with Gasteiger partial charge in [0, 0.05) is 17.1 Å². The second-order valence-electron chi connectivity index (χ2n) is 8.35. The van der Waals surface area contributed by atoms with Crippen molar-refractivity contribution in [3.8, 4) is 0 Å². The third kappa shape index (κ3) is 6.31. The van der Waals surface area contributed by atoms with E-state index in [0.29, 0.717) is 0 Å². The summed E-state index contributed by atoms with van der Waals surface area (Å²) in [5.74, 6) is 0. The smallest absolute Gasteiger partial charge is 0.0915 e. The Morgan fingerprint density at radius 2 is 1.46 bits per heavy atom. The zero-order valence-electron chi connectivity index (χ0n) is 22.7. The number of allylic oxidation sites excluding steroid dienone is 5. The summed E-state index contributed by atoms with van der Waals surface area (Å²) in [6, 6.07) is 20.7. The summed E-state index contributed by atoms with van der Waals surface area (Å²) in [5, 5.41) is 0. The first kappa shape index (κ1) is 27.3. The third-order valence-electron chi connectivity index (χ3n) is 5.91. The van der Waals surface area contributed by atoms with Crippen LogP contribution in [0.3, 0.4) is 0 Å². The van der Waals surface area contributed by atoms with E-state index in [1.54, 1.807) is 0 Å². The van der Waals surface area contributed by atoms with Crippen LogP contribution < -0.4 is 4.90 Å². The molecule has 0 N–H and O–H groups in total. The molecule has 0 aliphatic heterocycles. The van der Waals surface area contributed by atoms with Gasteiger partial charge >= 0.3 is 0 Å². The molecule has 1 heterocycles. The summed E-state index contributed by atoms with van der Waals surface area (Å²) in [5.41, 5.74) is 9.97. The van der Waals surface area contributed by atoms with Gasteiger partial charge < -0.3 is 4.90 Å². The molecule has 0 aliphatic rings. The van der Waals surface area contributed by atoms with Crippen LogP contribution in [0, 0.1) is 0 Å². The Morgan fingerprint density at radius 3 is 2.08 bits per heavy atom. The van der Waals surface area contributed by atoms with Crippen molar-refractivity contribution in [3.63, 3.8) is 0 Å². The van der Waals surface area contributed by atoms with Crippen LogP contribution in [-0.4, -0.2) is 9.97 Å². The molecule has 0 fully saturated rings. The Kier molecular flexibility index (Phi) is 9.74. The van der Waals surface area contributed by atoms with Crippen LogP contribution in [-0.2, 0) is 0 Å². The van der Waals surface area contributed by atoms with E-state index in [1.165, 1.54) is 0 Å². The van der Waals surface area contributed by atoms with Gasteiger partial charge in [-0.3, -0.25) is 0 Å². The van der Waals surface area contributed by atoms with Crippen LogP contribution in [0.15, 0.2) is 109 Å². The number of nitrogens with zero attached hydrogens (tertiary/aromatic N) is 3. The first-order chi connectivity index (χ1) is 18.1. The van der Waals surface area contributed by atoms with Gasteiger partial charge in [-0.2, -0.15) is 0 Å². The number of benzene rings is 3. The molecule has 0 spiro atoms. The van der Waals surface area contributed by atoms with Crippen LogP contribution in [0.25, 0.3) is 34.2 Å². The highest BCUT2D eigenvalue weighted by Crippen LogP contribution is 2.34. The molecule has 4 aromatic rings. The van der Waals surface area contributed by atoms with E-state index in [0.717, 1.165) is 62.3 Å². The molecule has 37 heavy (non-hydrogen) atoms. The summed E-state index contributed by atoms with van der Waals surface area (Å²) in [7, 11) is 0. The largest absolute Gasteiger partial charge is 0.311 e. The van der Waals surface area contributed by atoms with Gasteiger partial charge in [-0.05, 0) is 85.5 Å². The molecule has 3 heteroatoms. The Morgan fingerprint density at radius 1 is 0.838 bits per heavy atom. The van der Waals surface area contributed by atoms with Crippen molar-refractivity contribution >= 4 is 45.6 Å². The number of anilines is 2. The molecule has 0 saturated carbocycles. The summed E-state index contributed by atoms with van der Waals surface area (Å²) in [6.45, 7) is 18.2. The first-order valence-corrected chi connectivity index (χ1v) is 12.9. The van der Waals surface area contributed by atoms with Gasteiger partial charge in [0.1, 0.15) is 0 Å². The molecule has 0 unspecified atom stereocenters. The van der Waals surface area contributed by atoms with Crippen molar-refractivity contribution in [2.24, 2.45) is 0 Å². The van der Waals surface area contributed by atoms with E-state index in [2.05, 4.69) is 93.5 Å². The fourth-order valence-corrected chi connectivity index (χ4v) is 4.04. The van der Waals surface area contributed by atoms with Crippen LogP contribution >= 0.6 is 0 Å². The second kappa shape index (κ2) is 13.2. The molecular formula is C34H37N3. The lowest BCUT2D eigenvalue weighted by Gasteiger charge is -2.27. The van der Waals surface area contributed by atoms with Crippen molar-refractivity contribution in [2.45, 2.75) is 41.0 Å². The first-order valence-electron chi connectivity index (χ1n) is 12.9. The highest BCUT2D eigenvalue weighted by molar-refractivity contribution is 5.89. The van der Waals surface area contributed by atoms with Crippen molar-refractivity contribution in [2.75, 3.05) is 4.90 Å². The van der Waals surface area contributed by atoms with Crippen LogP contribution in [0.1, 0.15) is 52.2 Å². The van der Waals surface area contributed by atoms with E-state index in [4.69, 9.17) is 9.97 Å². The van der Waals surface area contributed by atoms with E-state index < -0.39 is 0 Å². The maximum atomic E-state index is 4.90. The predicted molar refractivity (Wildman–Crippen MR) is 164 cm³/mol. The topological polar surface area (TPSA) is 29.0 Å². The number of hydrogen-bond donors (Lipinski definition) is 0. The fraction of sp³-hybridized carbons (Fsp3) is 0.176. The minimum Gasteiger partial charge on any atom is -0.311 e. The summed E-state index contributed by atoms with van der Waals surface area (Å²) in [4.78, 5) is 12.0. The molecule has 4 rings (SSSR count). The number of para-hydroxylation sites is 2. The molecule has 0 aliphatic carbocycles. The SMILES string of the molecule is C=C/C(C)=C\C(=C/C)N(c1ccc(C=C)c(/C=C\CC)c1)c1ccc2nc3ccccc3nc2c1.CC. The third-order valence-corrected chi connectivity index (χ3v) is 5.91. The van der Waals surface area contributed by atoms with Gasteiger partial charge in [0.2, 0.25) is 0 Å². The number of fused-ring (bicyclic) bond motifs is 2. The summed E-state index contributed by atoms with van der Waals surface area (Å²) in [6.07, 6.45) is 13.3. The van der Waals surface area contributed by atoms with Crippen molar-refractivity contribution in [3.05, 3.63) is 121 Å². The molecule has 0 bridgehead atoms. The van der Waals surface area contributed by atoms with Gasteiger partial charge in [-0.1, -0.05) is 82.5 Å². The van der Waals surface area contributed by atoms with Gasteiger partial charge in [-0.25, -0.2) is 9.97 Å². The second-order valence-corrected chi connectivity index (χ2v) is 8.35. The minimum absolute atomic E-state index is 0.861. The maximum absolute atomic E-state index is 4.90. The molecule has 0 saturated heterocycles. The van der Waals surface area contributed by atoms with Gasteiger partial charge in [0.15, 0.2) is 0 Å². The average molecular weight is 488 g/mol. The molecule has 3 nitrogen and oxygen atoms in total.